The molecule has 0 radical (unpaired) electrons. The van der Waals surface area contributed by atoms with Crippen molar-refractivity contribution in [1.82, 2.24) is 10.3 Å². The van der Waals surface area contributed by atoms with Crippen molar-refractivity contribution in [3.8, 4) is 0 Å². The number of hydrogen-bond acceptors (Lipinski definition) is 3. The number of rotatable bonds is 6. The summed E-state index contributed by atoms with van der Waals surface area (Å²) in [6, 6.07) is 4.34. The van der Waals surface area contributed by atoms with E-state index in [0.29, 0.717) is 12.5 Å². The maximum Gasteiger partial charge on any atom is 0.0687 e. The van der Waals surface area contributed by atoms with Crippen molar-refractivity contribution < 1.29 is 5.11 Å². The van der Waals surface area contributed by atoms with Crippen LogP contribution in [-0.4, -0.2) is 28.3 Å². The minimum Gasteiger partial charge on any atom is -0.390 e. The predicted molar refractivity (Wildman–Crippen MR) is 74.0 cm³/mol. The molecule has 0 spiro atoms. The minimum absolute atomic E-state index is 0.455. The summed E-state index contributed by atoms with van der Waals surface area (Å²) < 4.78 is 0.961. The van der Waals surface area contributed by atoms with Crippen LogP contribution in [0, 0.1) is 0 Å². The number of pyridine rings is 1. The Labute approximate surface area is 112 Å². The van der Waals surface area contributed by atoms with Crippen molar-refractivity contribution in [3.63, 3.8) is 0 Å². The Morgan fingerprint density at radius 2 is 2.18 bits per heavy atom. The molecule has 0 fully saturated rings. The summed E-state index contributed by atoms with van der Waals surface area (Å²) in [6.07, 6.45) is 3.07. The summed E-state index contributed by atoms with van der Waals surface area (Å²) in [5.74, 6) is 0. The largest absolute Gasteiger partial charge is 0.390 e. The van der Waals surface area contributed by atoms with Crippen molar-refractivity contribution in [3.05, 3.63) is 28.5 Å². The van der Waals surface area contributed by atoms with E-state index in [2.05, 4.69) is 40.1 Å². The lowest BCUT2D eigenvalue weighted by molar-refractivity contribution is 0.0501. The Morgan fingerprint density at radius 1 is 1.47 bits per heavy atom. The van der Waals surface area contributed by atoms with E-state index in [4.69, 9.17) is 0 Å². The molecular weight excluding hydrogens is 280 g/mol. The van der Waals surface area contributed by atoms with Crippen LogP contribution in [-0.2, 0) is 6.42 Å². The quantitative estimate of drug-likeness (QED) is 0.848. The highest BCUT2D eigenvalue weighted by Gasteiger charge is 2.21. The summed E-state index contributed by atoms with van der Waals surface area (Å²) in [5, 5.41) is 13.6. The van der Waals surface area contributed by atoms with Gasteiger partial charge in [-0.15, -0.1) is 0 Å². The number of nitrogens with one attached hydrogen (secondary N) is 1. The van der Waals surface area contributed by atoms with E-state index >= 15 is 0 Å². The normalized spacial score (nSPS) is 14.9. The smallest absolute Gasteiger partial charge is 0.0687 e. The monoisotopic (exact) mass is 300 g/mol. The van der Waals surface area contributed by atoms with Crippen LogP contribution in [0.4, 0.5) is 0 Å². The van der Waals surface area contributed by atoms with Crippen molar-refractivity contribution in [2.24, 2.45) is 0 Å². The molecule has 1 rings (SSSR count). The molecule has 0 aromatic carbocycles. The highest BCUT2D eigenvalue weighted by molar-refractivity contribution is 9.10. The third-order valence-corrected chi connectivity index (χ3v) is 3.04. The van der Waals surface area contributed by atoms with E-state index in [1.807, 2.05) is 19.1 Å². The molecule has 96 valence electrons. The van der Waals surface area contributed by atoms with Crippen molar-refractivity contribution in [2.75, 3.05) is 6.54 Å². The Kier molecular flexibility index (Phi) is 5.56. The van der Waals surface area contributed by atoms with Gasteiger partial charge in [-0.05, 0) is 48.0 Å². The van der Waals surface area contributed by atoms with E-state index < -0.39 is 5.60 Å². The molecule has 0 saturated carbocycles. The Balaban J connectivity index is 2.45. The zero-order chi connectivity index (χ0) is 12.9. The SMILES string of the molecule is CC(C)NCCC(C)(O)Cc1ccc(Br)cn1. The lowest BCUT2D eigenvalue weighted by atomic mass is 9.96. The summed E-state index contributed by atoms with van der Waals surface area (Å²) >= 11 is 3.35. The molecule has 0 bridgehead atoms. The summed E-state index contributed by atoms with van der Waals surface area (Å²) in [6.45, 7) is 6.88. The van der Waals surface area contributed by atoms with Gasteiger partial charge < -0.3 is 10.4 Å². The average Bonchev–Trinajstić information content (AvgIpc) is 2.20. The third kappa shape index (κ3) is 6.15. The van der Waals surface area contributed by atoms with Gasteiger partial charge >= 0.3 is 0 Å². The molecule has 0 aliphatic heterocycles. The van der Waals surface area contributed by atoms with Gasteiger partial charge in [0.15, 0.2) is 0 Å². The highest BCUT2D eigenvalue weighted by Crippen LogP contribution is 2.16. The topological polar surface area (TPSA) is 45.1 Å². The molecule has 1 heterocycles. The first-order chi connectivity index (χ1) is 7.89. The van der Waals surface area contributed by atoms with E-state index in [9.17, 15) is 5.11 Å². The summed E-state index contributed by atoms with van der Waals surface area (Å²) in [5.41, 5.74) is 0.214. The Bertz CT molecular complexity index is 336. The molecule has 1 unspecified atom stereocenters. The van der Waals surface area contributed by atoms with Crippen LogP contribution in [0.1, 0.15) is 32.9 Å². The van der Waals surface area contributed by atoms with Crippen LogP contribution in [0.5, 0.6) is 0 Å². The van der Waals surface area contributed by atoms with Gasteiger partial charge in [0.05, 0.1) is 5.60 Å². The van der Waals surface area contributed by atoms with E-state index in [-0.39, 0.29) is 0 Å². The molecule has 4 heteroatoms. The molecule has 1 aromatic heterocycles. The average molecular weight is 301 g/mol. The van der Waals surface area contributed by atoms with Gasteiger partial charge in [-0.25, -0.2) is 0 Å². The Hall–Kier alpha value is -0.450. The molecule has 17 heavy (non-hydrogen) atoms. The van der Waals surface area contributed by atoms with Gasteiger partial charge in [0.25, 0.3) is 0 Å². The van der Waals surface area contributed by atoms with Crippen LogP contribution in [0.15, 0.2) is 22.8 Å². The number of hydrogen-bond donors (Lipinski definition) is 2. The van der Waals surface area contributed by atoms with Crippen molar-refractivity contribution >= 4 is 15.9 Å². The maximum atomic E-state index is 10.3. The van der Waals surface area contributed by atoms with Gasteiger partial charge in [0, 0.05) is 28.8 Å². The number of nitrogens with zero attached hydrogens (tertiary/aromatic N) is 1. The fourth-order valence-corrected chi connectivity index (χ4v) is 1.85. The second kappa shape index (κ2) is 6.47. The third-order valence-electron chi connectivity index (χ3n) is 2.57. The van der Waals surface area contributed by atoms with Crippen molar-refractivity contribution in [1.29, 1.82) is 0 Å². The molecule has 2 N–H and O–H groups in total. The highest BCUT2D eigenvalue weighted by atomic mass is 79.9. The van der Waals surface area contributed by atoms with Gasteiger partial charge in [-0.3, -0.25) is 4.98 Å². The van der Waals surface area contributed by atoms with Crippen LogP contribution in [0.25, 0.3) is 0 Å². The minimum atomic E-state index is -0.706. The lowest BCUT2D eigenvalue weighted by Crippen LogP contribution is -2.34. The van der Waals surface area contributed by atoms with E-state index in [1.165, 1.54) is 0 Å². The molecule has 0 aliphatic carbocycles. The number of aromatic nitrogens is 1. The second-order valence-corrected chi connectivity index (χ2v) is 5.92. The Morgan fingerprint density at radius 3 is 2.71 bits per heavy atom. The lowest BCUT2D eigenvalue weighted by Gasteiger charge is -2.23. The van der Waals surface area contributed by atoms with Gasteiger partial charge in [-0.2, -0.15) is 0 Å². The first-order valence-corrected chi connectivity index (χ1v) is 6.74. The van der Waals surface area contributed by atoms with Crippen LogP contribution < -0.4 is 5.32 Å². The zero-order valence-electron chi connectivity index (χ0n) is 10.7. The first kappa shape index (κ1) is 14.6. The van der Waals surface area contributed by atoms with Crippen molar-refractivity contribution in [2.45, 2.75) is 45.3 Å². The molecule has 0 amide bonds. The van der Waals surface area contributed by atoms with Crippen LogP contribution in [0.3, 0.4) is 0 Å². The fraction of sp³-hybridized carbons (Fsp3) is 0.615. The second-order valence-electron chi connectivity index (χ2n) is 5.00. The standard InChI is InChI=1S/C13H21BrN2O/c1-10(2)15-7-6-13(3,17)8-12-5-4-11(14)9-16-12/h4-5,9-10,15,17H,6-8H2,1-3H3. The van der Waals surface area contributed by atoms with Crippen LogP contribution in [0.2, 0.25) is 0 Å². The molecule has 0 saturated heterocycles. The predicted octanol–water partition coefficient (Wildman–Crippen LogP) is 2.53. The molecule has 3 nitrogen and oxygen atoms in total. The summed E-state index contributed by atoms with van der Waals surface area (Å²) in [7, 11) is 0. The van der Waals surface area contributed by atoms with E-state index in [0.717, 1.165) is 23.1 Å². The molecule has 1 aromatic rings. The number of halogens is 1. The first-order valence-electron chi connectivity index (χ1n) is 5.95. The van der Waals surface area contributed by atoms with E-state index in [1.54, 1.807) is 6.20 Å². The van der Waals surface area contributed by atoms with Gasteiger partial charge in [-0.1, -0.05) is 13.8 Å². The zero-order valence-corrected chi connectivity index (χ0v) is 12.3. The number of aliphatic hydroxyl groups is 1. The fourth-order valence-electron chi connectivity index (χ4n) is 1.62. The van der Waals surface area contributed by atoms with Gasteiger partial charge in [0.1, 0.15) is 0 Å². The molecule has 0 aliphatic rings. The van der Waals surface area contributed by atoms with Crippen LogP contribution >= 0.6 is 15.9 Å². The summed E-state index contributed by atoms with van der Waals surface area (Å²) in [4.78, 5) is 4.28. The van der Waals surface area contributed by atoms with Gasteiger partial charge in [0.2, 0.25) is 0 Å². The molecular formula is C13H21BrN2O. The molecule has 1 atom stereocenters. The maximum absolute atomic E-state index is 10.3.